The second kappa shape index (κ2) is 8.79. The summed E-state index contributed by atoms with van der Waals surface area (Å²) in [5, 5.41) is 5.52. The van der Waals surface area contributed by atoms with Crippen molar-refractivity contribution in [2.24, 2.45) is 0 Å². The van der Waals surface area contributed by atoms with Gasteiger partial charge in [-0.2, -0.15) is 9.40 Å². The smallest absolute Gasteiger partial charge is 0.248 e. The summed E-state index contributed by atoms with van der Waals surface area (Å²) in [6.07, 6.45) is 9.57. The maximum absolute atomic E-state index is 12.8. The lowest BCUT2D eigenvalue weighted by atomic mass is 10.2. The Morgan fingerprint density at radius 1 is 1.28 bits per heavy atom. The summed E-state index contributed by atoms with van der Waals surface area (Å²) in [5.41, 5.74) is 2.60. The van der Waals surface area contributed by atoms with Gasteiger partial charge in [-0.15, -0.1) is 11.6 Å². The first-order valence-corrected chi connectivity index (χ1v) is 13.2. The highest BCUT2D eigenvalue weighted by Crippen LogP contribution is 2.39. The molecule has 0 radical (unpaired) electrons. The van der Waals surface area contributed by atoms with E-state index in [-0.39, 0.29) is 10.8 Å². The highest BCUT2D eigenvalue weighted by atomic mass is 35.5. The zero-order chi connectivity index (χ0) is 22.3. The first kappa shape index (κ1) is 21.9. The lowest BCUT2D eigenvalue weighted by Crippen LogP contribution is -2.49. The number of fused-ring (bicyclic) bond motifs is 1. The van der Waals surface area contributed by atoms with Gasteiger partial charge < -0.3 is 4.98 Å². The van der Waals surface area contributed by atoms with Gasteiger partial charge in [-0.3, -0.25) is 9.58 Å². The van der Waals surface area contributed by atoms with E-state index >= 15 is 0 Å². The molecule has 0 spiro atoms. The SMILES string of the molecule is CC(CN1CCN(S(=O)(=O)C2=CCC(Cl)S2)CC1)n1cc(-c2ncnc3[nH]ccc23)cn1. The Hall–Kier alpha value is -1.92. The quantitative estimate of drug-likeness (QED) is 0.527. The van der Waals surface area contributed by atoms with Gasteiger partial charge in [0.15, 0.2) is 0 Å². The van der Waals surface area contributed by atoms with Gasteiger partial charge in [-0.25, -0.2) is 18.4 Å². The Bertz CT molecular complexity index is 1250. The fraction of sp³-hybridized carbons (Fsp3) is 0.450. The van der Waals surface area contributed by atoms with Crippen LogP contribution in [0, 0.1) is 0 Å². The highest BCUT2D eigenvalue weighted by Gasteiger charge is 2.34. The number of piperazine rings is 1. The van der Waals surface area contributed by atoms with E-state index in [9.17, 15) is 8.42 Å². The topological polar surface area (TPSA) is 100 Å². The Balaban J connectivity index is 1.21. The molecule has 3 aromatic rings. The van der Waals surface area contributed by atoms with E-state index in [2.05, 4.69) is 31.9 Å². The molecule has 3 aromatic heterocycles. The van der Waals surface area contributed by atoms with Crippen LogP contribution in [0.2, 0.25) is 0 Å². The van der Waals surface area contributed by atoms with Crippen molar-refractivity contribution in [1.82, 2.24) is 33.9 Å². The number of H-pyrrole nitrogens is 1. The summed E-state index contributed by atoms with van der Waals surface area (Å²) in [6, 6.07) is 2.10. The number of hydrogen-bond donors (Lipinski definition) is 1. The molecule has 12 heteroatoms. The second-order valence-corrected chi connectivity index (χ2v) is 12.2. The predicted octanol–water partition coefficient (Wildman–Crippen LogP) is 2.87. The molecule has 170 valence electrons. The molecule has 2 atom stereocenters. The largest absolute Gasteiger partial charge is 0.346 e. The van der Waals surface area contributed by atoms with Crippen LogP contribution in [0.5, 0.6) is 0 Å². The second-order valence-electron chi connectivity index (χ2n) is 8.01. The molecule has 0 amide bonds. The summed E-state index contributed by atoms with van der Waals surface area (Å²) in [6.45, 7) is 5.25. The van der Waals surface area contributed by atoms with Crippen LogP contribution in [0.15, 0.2) is 41.3 Å². The summed E-state index contributed by atoms with van der Waals surface area (Å²) in [5.74, 6) is 0. The number of aromatic amines is 1. The Kier molecular flexibility index (Phi) is 6.01. The molecule has 5 heterocycles. The lowest BCUT2D eigenvalue weighted by molar-refractivity contribution is 0.167. The van der Waals surface area contributed by atoms with Gasteiger partial charge in [-0.05, 0) is 19.4 Å². The van der Waals surface area contributed by atoms with Crippen molar-refractivity contribution in [1.29, 1.82) is 0 Å². The number of alkyl halides is 1. The summed E-state index contributed by atoms with van der Waals surface area (Å²) >= 11 is 7.29. The molecule has 1 saturated heterocycles. The maximum atomic E-state index is 12.8. The molecule has 32 heavy (non-hydrogen) atoms. The van der Waals surface area contributed by atoms with Gasteiger partial charge in [0.2, 0.25) is 10.0 Å². The number of nitrogens with one attached hydrogen (secondary N) is 1. The molecule has 5 rings (SSSR count). The molecule has 2 aliphatic heterocycles. The van der Waals surface area contributed by atoms with Crippen LogP contribution < -0.4 is 0 Å². The number of nitrogens with zero attached hydrogens (tertiary/aromatic N) is 6. The number of halogens is 1. The fourth-order valence-corrected chi connectivity index (χ4v) is 7.65. The molecule has 0 bridgehead atoms. The third kappa shape index (κ3) is 4.19. The van der Waals surface area contributed by atoms with Crippen LogP contribution in [0.3, 0.4) is 0 Å². The summed E-state index contributed by atoms with van der Waals surface area (Å²) in [7, 11) is -3.43. The van der Waals surface area contributed by atoms with Gasteiger partial charge in [-0.1, -0.05) is 17.8 Å². The first-order chi connectivity index (χ1) is 15.4. The van der Waals surface area contributed by atoms with Crippen LogP contribution in [0.1, 0.15) is 19.4 Å². The molecule has 0 saturated carbocycles. The van der Waals surface area contributed by atoms with Crippen molar-refractivity contribution in [2.75, 3.05) is 32.7 Å². The minimum absolute atomic E-state index is 0.139. The van der Waals surface area contributed by atoms with E-state index in [1.54, 1.807) is 16.7 Å². The van der Waals surface area contributed by atoms with E-state index in [0.29, 0.717) is 36.8 Å². The fourth-order valence-electron chi connectivity index (χ4n) is 4.12. The highest BCUT2D eigenvalue weighted by molar-refractivity contribution is 8.19. The Morgan fingerprint density at radius 2 is 2.09 bits per heavy atom. The number of thioether (sulfide) groups is 1. The molecular formula is C20H24ClN7O2S2. The molecule has 2 aliphatic rings. The number of sulfonamides is 1. The maximum Gasteiger partial charge on any atom is 0.248 e. The molecule has 0 aromatic carbocycles. The molecule has 1 N–H and O–H groups in total. The van der Waals surface area contributed by atoms with Crippen LogP contribution in [-0.2, 0) is 10.0 Å². The zero-order valence-electron chi connectivity index (χ0n) is 17.6. The van der Waals surface area contributed by atoms with Crippen molar-refractivity contribution in [3.8, 4) is 11.3 Å². The zero-order valence-corrected chi connectivity index (χ0v) is 19.9. The Morgan fingerprint density at radius 3 is 2.84 bits per heavy atom. The number of allylic oxidation sites excluding steroid dienone is 1. The Labute approximate surface area is 195 Å². The van der Waals surface area contributed by atoms with Gasteiger partial charge in [0, 0.05) is 56.1 Å². The third-order valence-corrected chi connectivity index (χ3v) is 9.78. The monoisotopic (exact) mass is 493 g/mol. The molecule has 2 unspecified atom stereocenters. The van der Waals surface area contributed by atoms with Crippen LogP contribution in [0.25, 0.3) is 22.3 Å². The normalized spacial score (nSPS) is 21.8. The number of aromatic nitrogens is 5. The first-order valence-electron chi connectivity index (χ1n) is 10.5. The molecular weight excluding hydrogens is 470 g/mol. The standard InChI is InChI=1S/C20H24ClN7O2S2/c1-14(28-12-15(10-25-28)19-16-4-5-22-20(16)24-13-23-19)11-26-6-8-27(9-7-26)32(29,30)18-3-2-17(21)31-18/h3-5,10,12-14,17H,2,6-9,11H2,1H3,(H,22,23,24). The lowest BCUT2D eigenvalue weighted by Gasteiger charge is -2.35. The van der Waals surface area contributed by atoms with Crippen LogP contribution in [0.4, 0.5) is 0 Å². The van der Waals surface area contributed by atoms with Crippen molar-refractivity contribution in [2.45, 2.75) is 24.1 Å². The van der Waals surface area contributed by atoms with Gasteiger partial charge >= 0.3 is 0 Å². The minimum Gasteiger partial charge on any atom is -0.346 e. The van der Waals surface area contributed by atoms with Gasteiger partial charge in [0.05, 0.1) is 22.6 Å². The van der Waals surface area contributed by atoms with Crippen LogP contribution in [-0.4, -0.2) is 79.8 Å². The van der Waals surface area contributed by atoms with E-state index in [1.807, 2.05) is 29.3 Å². The third-order valence-electron chi connectivity index (χ3n) is 5.84. The number of rotatable bonds is 6. The van der Waals surface area contributed by atoms with Crippen molar-refractivity contribution < 1.29 is 8.42 Å². The van der Waals surface area contributed by atoms with E-state index in [0.717, 1.165) is 28.8 Å². The molecule has 0 aliphatic carbocycles. The van der Waals surface area contributed by atoms with E-state index < -0.39 is 10.0 Å². The molecule has 9 nitrogen and oxygen atoms in total. The average Bonchev–Trinajstić information content (AvgIpc) is 3.54. The summed E-state index contributed by atoms with van der Waals surface area (Å²) in [4.78, 5) is 14.1. The predicted molar refractivity (Wildman–Crippen MR) is 127 cm³/mol. The average molecular weight is 494 g/mol. The van der Waals surface area contributed by atoms with Gasteiger partial charge in [0.25, 0.3) is 0 Å². The van der Waals surface area contributed by atoms with E-state index in [4.69, 9.17) is 11.6 Å². The minimum atomic E-state index is -3.43. The van der Waals surface area contributed by atoms with Crippen molar-refractivity contribution >= 4 is 44.4 Å². The van der Waals surface area contributed by atoms with Gasteiger partial charge in [0.1, 0.15) is 16.2 Å². The van der Waals surface area contributed by atoms with Crippen molar-refractivity contribution in [3.05, 3.63) is 41.3 Å². The summed E-state index contributed by atoms with van der Waals surface area (Å²) < 4.78 is 29.4. The van der Waals surface area contributed by atoms with E-state index in [1.165, 1.54) is 11.8 Å². The number of hydrogen-bond acceptors (Lipinski definition) is 7. The van der Waals surface area contributed by atoms with Crippen molar-refractivity contribution in [3.63, 3.8) is 0 Å². The molecule has 1 fully saturated rings. The van der Waals surface area contributed by atoms with Crippen LogP contribution >= 0.6 is 23.4 Å².